The van der Waals surface area contributed by atoms with Gasteiger partial charge in [0.25, 0.3) is 17.5 Å². The van der Waals surface area contributed by atoms with Crippen LogP contribution in [0.25, 0.3) is 0 Å². The minimum Gasteiger partial charge on any atom is -0.322 e. The zero-order chi connectivity index (χ0) is 19.2. The van der Waals surface area contributed by atoms with Gasteiger partial charge >= 0.3 is 0 Å². The van der Waals surface area contributed by atoms with Crippen LogP contribution in [0.2, 0.25) is 0 Å². The van der Waals surface area contributed by atoms with Gasteiger partial charge in [0, 0.05) is 47.0 Å². The van der Waals surface area contributed by atoms with E-state index in [1.807, 2.05) is 0 Å². The number of benzene rings is 2. The summed E-state index contributed by atoms with van der Waals surface area (Å²) < 4.78 is 0. The molecule has 134 valence electrons. The molecule has 0 unspecified atom stereocenters. The second-order valence-corrected chi connectivity index (χ2v) is 5.53. The molecule has 0 aliphatic carbocycles. The minimum absolute atomic E-state index is 0.162. The largest absolute Gasteiger partial charge is 0.322 e. The van der Waals surface area contributed by atoms with Crippen LogP contribution in [0.3, 0.4) is 0 Å². The normalized spacial score (nSPS) is 10.1. The summed E-state index contributed by atoms with van der Waals surface area (Å²) in [7, 11) is 0. The molecule has 2 aromatic carbocycles. The number of rotatable bonds is 5. The Morgan fingerprint density at radius 3 is 2.04 bits per heavy atom. The zero-order valence-electron chi connectivity index (χ0n) is 14.0. The zero-order valence-corrected chi connectivity index (χ0v) is 14.0. The van der Waals surface area contributed by atoms with E-state index in [-0.39, 0.29) is 17.2 Å². The molecule has 0 spiro atoms. The first-order valence-corrected chi connectivity index (χ1v) is 7.90. The molecule has 0 atom stereocenters. The number of pyridine rings is 1. The molecule has 0 saturated carbocycles. The van der Waals surface area contributed by atoms with E-state index in [0.29, 0.717) is 16.9 Å². The summed E-state index contributed by atoms with van der Waals surface area (Å²) in [5.41, 5.74) is 1.39. The Labute approximate surface area is 154 Å². The smallest absolute Gasteiger partial charge is 0.270 e. The highest BCUT2D eigenvalue weighted by Gasteiger charge is 2.12. The van der Waals surface area contributed by atoms with Gasteiger partial charge in [-0.05, 0) is 36.4 Å². The lowest BCUT2D eigenvalue weighted by molar-refractivity contribution is -0.384. The van der Waals surface area contributed by atoms with Crippen molar-refractivity contribution in [1.29, 1.82) is 0 Å². The van der Waals surface area contributed by atoms with Crippen LogP contribution in [-0.2, 0) is 0 Å². The van der Waals surface area contributed by atoms with Gasteiger partial charge in [-0.3, -0.25) is 24.7 Å². The number of anilines is 2. The van der Waals surface area contributed by atoms with E-state index in [1.54, 1.807) is 36.4 Å². The molecule has 1 aromatic heterocycles. The first-order chi connectivity index (χ1) is 13.0. The average molecular weight is 362 g/mol. The number of hydrogen-bond donors (Lipinski definition) is 2. The van der Waals surface area contributed by atoms with Crippen LogP contribution in [0.4, 0.5) is 17.1 Å². The number of amides is 2. The Kier molecular flexibility index (Phi) is 5.17. The molecule has 2 N–H and O–H groups in total. The fourth-order valence-electron chi connectivity index (χ4n) is 2.35. The molecule has 8 heteroatoms. The van der Waals surface area contributed by atoms with E-state index in [1.165, 1.54) is 36.7 Å². The lowest BCUT2D eigenvalue weighted by Gasteiger charge is -2.09. The van der Waals surface area contributed by atoms with Crippen LogP contribution in [0.5, 0.6) is 0 Å². The van der Waals surface area contributed by atoms with Crippen LogP contribution >= 0.6 is 0 Å². The third-order valence-electron chi connectivity index (χ3n) is 3.64. The van der Waals surface area contributed by atoms with Gasteiger partial charge in [0.15, 0.2) is 0 Å². The van der Waals surface area contributed by atoms with Gasteiger partial charge in [-0.2, -0.15) is 0 Å². The van der Waals surface area contributed by atoms with Crippen LogP contribution in [0, 0.1) is 10.1 Å². The van der Waals surface area contributed by atoms with E-state index < -0.39 is 10.8 Å². The first kappa shape index (κ1) is 17.7. The number of non-ortho nitro benzene ring substituents is 1. The van der Waals surface area contributed by atoms with Crippen molar-refractivity contribution in [2.24, 2.45) is 0 Å². The van der Waals surface area contributed by atoms with E-state index >= 15 is 0 Å². The van der Waals surface area contributed by atoms with E-state index in [0.717, 1.165) is 0 Å². The van der Waals surface area contributed by atoms with E-state index in [9.17, 15) is 19.7 Å². The standard InChI is InChI=1S/C19H14N4O4/c24-18(13-7-9-20-10-8-13)21-15-4-2-5-16(12-15)22-19(25)14-3-1-6-17(11-14)23(26)27/h1-12H,(H,21,24)(H,22,25). The topological polar surface area (TPSA) is 114 Å². The molecule has 0 aliphatic heterocycles. The van der Waals surface area contributed by atoms with E-state index in [4.69, 9.17) is 0 Å². The molecule has 27 heavy (non-hydrogen) atoms. The van der Waals surface area contributed by atoms with Crippen molar-refractivity contribution in [3.8, 4) is 0 Å². The van der Waals surface area contributed by atoms with Crippen LogP contribution in [0.15, 0.2) is 73.1 Å². The van der Waals surface area contributed by atoms with Gasteiger partial charge in [-0.1, -0.05) is 12.1 Å². The Balaban J connectivity index is 1.72. The fraction of sp³-hybridized carbons (Fsp3) is 0. The monoisotopic (exact) mass is 362 g/mol. The number of carbonyl (C=O) groups excluding carboxylic acids is 2. The second kappa shape index (κ2) is 7.87. The van der Waals surface area contributed by atoms with Crippen molar-refractivity contribution < 1.29 is 14.5 Å². The lowest BCUT2D eigenvalue weighted by Crippen LogP contribution is -2.14. The quantitative estimate of drug-likeness (QED) is 0.532. The summed E-state index contributed by atoms with van der Waals surface area (Å²) >= 11 is 0. The molecule has 0 fully saturated rings. The Hall–Kier alpha value is -4.07. The number of nitrogens with one attached hydrogen (secondary N) is 2. The molecule has 8 nitrogen and oxygen atoms in total. The van der Waals surface area contributed by atoms with Crippen molar-refractivity contribution >= 4 is 28.9 Å². The van der Waals surface area contributed by atoms with Crippen molar-refractivity contribution in [3.05, 3.63) is 94.3 Å². The van der Waals surface area contributed by atoms with Gasteiger partial charge in [0.1, 0.15) is 0 Å². The maximum atomic E-state index is 12.3. The Morgan fingerprint density at radius 2 is 1.41 bits per heavy atom. The fourth-order valence-corrected chi connectivity index (χ4v) is 2.35. The number of nitro benzene ring substituents is 1. The van der Waals surface area contributed by atoms with Crippen molar-refractivity contribution in [3.63, 3.8) is 0 Å². The first-order valence-electron chi connectivity index (χ1n) is 7.90. The maximum Gasteiger partial charge on any atom is 0.270 e. The molecular weight excluding hydrogens is 348 g/mol. The molecule has 0 bridgehead atoms. The van der Waals surface area contributed by atoms with Gasteiger partial charge in [-0.15, -0.1) is 0 Å². The molecule has 2 amide bonds. The van der Waals surface area contributed by atoms with Gasteiger partial charge in [-0.25, -0.2) is 0 Å². The number of carbonyl (C=O) groups is 2. The summed E-state index contributed by atoms with van der Waals surface area (Å²) in [5.74, 6) is -0.795. The number of aromatic nitrogens is 1. The average Bonchev–Trinajstić information content (AvgIpc) is 2.69. The summed E-state index contributed by atoms with van der Waals surface area (Å²) in [6.07, 6.45) is 3.04. The summed E-state index contributed by atoms with van der Waals surface area (Å²) in [6, 6.07) is 15.2. The minimum atomic E-state index is -0.563. The molecule has 0 radical (unpaired) electrons. The van der Waals surface area contributed by atoms with Crippen LogP contribution < -0.4 is 10.6 Å². The maximum absolute atomic E-state index is 12.3. The summed E-state index contributed by atoms with van der Waals surface area (Å²) in [5, 5.41) is 16.2. The highest BCUT2D eigenvalue weighted by atomic mass is 16.6. The third kappa shape index (κ3) is 4.51. The Bertz CT molecular complexity index is 1010. The van der Waals surface area contributed by atoms with Crippen molar-refractivity contribution in [2.75, 3.05) is 10.6 Å². The van der Waals surface area contributed by atoms with Gasteiger partial charge < -0.3 is 10.6 Å². The molecule has 0 saturated heterocycles. The predicted octanol–water partition coefficient (Wildman–Crippen LogP) is 3.49. The number of nitrogens with zero attached hydrogens (tertiary/aromatic N) is 2. The second-order valence-electron chi connectivity index (χ2n) is 5.53. The highest BCUT2D eigenvalue weighted by Crippen LogP contribution is 2.18. The van der Waals surface area contributed by atoms with Crippen LogP contribution in [0.1, 0.15) is 20.7 Å². The molecule has 1 heterocycles. The summed E-state index contributed by atoms with van der Waals surface area (Å²) in [6.45, 7) is 0. The van der Waals surface area contributed by atoms with Gasteiger partial charge in [0.2, 0.25) is 0 Å². The lowest BCUT2D eigenvalue weighted by atomic mass is 10.2. The molecular formula is C19H14N4O4. The Morgan fingerprint density at radius 1 is 0.815 bits per heavy atom. The highest BCUT2D eigenvalue weighted by molar-refractivity contribution is 6.06. The van der Waals surface area contributed by atoms with Gasteiger partial charge in [0.05, 0.1) is 4.92 Å². The summed E-state index contributed by atoms with van der Waals surface area (Å²) in [4.78, 5) is 38.6. The molecule has 3 rings (SSSR count). The van der Waals surface area contributed by atoms with Crippen molar-refractivity contribution in [2.45, 2.75) is 0 Å². The predicted molar refractivity (Wildman–Crippen MR) is 99.7 cm³/mol. The molecule has 3 aromatic rings. The van der Waals surface area contributed by atoms with E-state index in [2.05, 4.69) is 15.6 Å². The SMILES string of the molecule is O=C(Nc1cccc(NC(=O)c2cccc([N+](=O)[O-])c2)c1)c1ccncc1. The molecule has 0 aliphatic rings. The number of hydrogen-bond acceptors (Lipinski definition) is 5. The van der Waals surface area contributed by atoms with Crippen molar-refractivity contribution in [1.82, 2.24) is 4.98 Å². The third-order valence-corrected chi connectivity index (χ3v) is 3.64. The van der Waals surface area contributed by atoms with Crippen LogP contribution in [-0.4, -0.2) is 21.7 Å². The number of nitro groups is 1.